The molecule has 0 spiro atoms. The Hall–Kier alpha value is -2.05. The zero-order chi connectivity index (χ0) is 19.6. The minimum atomic E-state index is -3.69. The molecular formula is C19H23ClN2O3S. The Balaban J connectivity index is 2.37. The van der Waals surface area contributed by atoms with Crippen molar-refractivity contribution < 1.29 is 13.2 Å². The van der Waals surface area contributed by atoms with Crippen LogP contribution in [0.4, 0.5) is 11.4 Å². The molecule has 0 saturated heterocycles. The third-order valence-corrected chi connectivity index (χ3v) is 5.80. The van der Waals surface area contributed by atoms with Gasteiger partial charge in [0.15, 0.2) is 0 Å². The smallest absolute Gasteiger partial charge is 0.248 e. The van der Waals surface area contributed by atoms with Gasteiger partial charge in [-0.15, -0.1) is 0 Å². The van der Waals surface area contributed by atoms with Crippen LogP contribution in [0.3, 0.4) is 0 Å². The summed E-state index contributed by atoms with van der Waals surface area (Å²) in [6, 6.07) is 9.70. The maximum atomic E-state index is 12.7. The summed E-state index contributed by atoms with van der Waals surface area (Å²) in [7, 11) is -3.69. The van der Waals surface area contributed by atoms with E-state index in [1.165, 1.54) is 0 Å². The highest BCUT2D eigenvalue weighted by Crippen LogP contribution is 2.27. The van der Waals surface area contributed by atoms with Crippen LogP contribution in [-0.4, -0.2) is 26.6 Å². The summed E-state index contributed by atoms with van der Waals surface area (Å²) in [5.74, 6) is -0.416. The molecule has 0 radical (unpaired) electrons. The molecule has 1 amide bonds. The SMILES string of the molecule is Cc1ccc(C)c(NC(=O)C(C)N(c2ccc(C)c(Cl)c2)S(C)(=O)=O)c1. The fourth-order valence-electron chi connectivity index (χ4n) is 2.64. The minimum Gasteiger partial charge on any atom is -0.324 e. The number of amides is 1. The number of nitrogens with zero attached hydrogens (tertiary/aromatic N) is 1. The lowest BCUT2D eigenvalue weighted by atomic mass is 10.1. The molecule has 0 heterocycles. The number of carbonyl (C=O) groups is 1. The Bertz CT molecular complexity index is 942. The third-order valence-electron chi connectivity index (χ3n) is 4.15. The zero-order valence-corrected chi connectivity index (χ0v) is 17.1. The van der Waals surface area contributed by atoms with E-state index in [0.717, 1.165) is 27.3 Å². The summed E-state index contributed by atoms with van der Waals surface area (Å²) in [5.41, 5.74) is 3.75. The number of nitrogens with one attached hydrogen (secondary N) is 1. The van der Waals surface area contributed by atoms with E-state index in [4.69, 9.17) is 11.6 Å². The zero-order valence-electron chi connectivity index (χ0n) is 15.5. The minimum absolute atomic E-state index is 0.353. The largest absolute Gasteiger partial charge is 0.324 e. The highest BCUT2D eigenvalue weighted by Gasteiger charge is 2.29. The van der Waals surface area contributed by atoms with Gasteiger partial charge in [0.05, 0.1) is 11.9 Å². The molecule has 26 heavy (non-hydrogen) atoms. The van der Waals surface area contributed by atoms with Crippen molar-refractivity contribution in [1.82, 2.24) is 0 Å². The van der Waals surface area contributed by atoms with Gasteiger partial charge in [0.25, 0.3) is 0 Å². The molecule has 5 nitrogen and oxygen atoms in total. The van der Waals surface area contributed by atoms with Gasteiger partial charge in [-0.25, -0.2) is 8.42 Å². The maximum Gasteiger partial charge on any atom is 0.248 e. The molecule has 140 valence electrons. The van der Waals surface area contributed by atoms with Crippen LogP contribution < -0.4 is 9.62 Å². The van der Waals surface area contributed by atoms with Crippen LogP contribution in [0.5, 0.6) is 0 Å². The summed E-state index contributed by atoms with van der Waals surface area (Å²) in [6.45, 7) is 7.19. The van der Waals surface area contributed by atoms with Gasteiger partial charge >= 0.3 is 0 Å². The first-order chi connectivity index (χ1) is 12.0. The third kappa shape index (κ3) is 4.56. The van der Waals surface area contributed by atoms with E-state index in [1.807, 2.05) is 39.0 Å². The lowest BCUT2D eigenvalue weighted by Gasteiger charge is -2.28. The molecule has 2 rings (SSSR count). The highest BCUT2D eigenvalue weighted by atomic mass is 35.5. The van der Waals surface area contributed by atoms with Crippen molar-refractivity contribution >= 4 is 38.9 Å². The first-order valence-corrected chi connectivity index (χ1v) is 10.4. The summed E-state index contributed by atoms with van der Waals surface area (Å²) in [6.07, 6.45) is 1.07. The number of halogens is 1. The van der Waals surface area contributed by atoms with E-state index in [1.54, 1.807) is 25.1 Å². The van der Waals surface area contributed by atoms with Gasteiger partial charge in [0.2, 0.25) is 15.9 Å². The summed E-state index contributed by atoms with van der Waals surface area (Å²) in [4.78, 5) is 12.7. The van der Waals surface area contributed by atoms with Gasteiger partial charge in [-0.3, -0.25) is 9.10 Å². The average Bonchev–Trinajstić information content (AvgIpc) is 2.53. The molecule has 0 aliphatic heterocycles. The van der Waals surface area contributed by atoms with Crippen molar-refractivity contribution in [3.05, 3.63) is 58.1 Å². The van der Waals surface area contributed by atoms with Crippen molar-refractivity contribution in [2.24, 2.45) is 0 Å². The number of hydrogen-bond acceptors (Lipinski definition) is 3. The van der Waals surface area contributed by atoms with Crippen LogP contribution in [0.2, 0.25) is 5.02 Å². The summed E-state index contributed by atoms with van der Waals surface area (Å²) < 4.78 is 25.8. The number of benzene rings is 2. The quantitative estimate of drug-likeness (QED) is 0.831. The lowest BCUT2D eigenvalue weighted by molar-refractivity contribution is -0.116. The molecule has 0 fully saturated rings. The van der Waals surface area contributed by atoms with Gasteiger partial charge in [-0.05, 0) is 62.6 Å². The van der Waals surface area contributed by atoms with Gasteiger partial charge in [-0.2, -0.15) is 0 Å². The predicted molar refractivity (Wildman–Crippen MR) is 108 cm³/mol. The van der Waals surface area contributed by atoms with Crippen LogP contribution in [-0.2, 0) is 14.8 Å². The molecule has 1 unspecified atom stereocenters. The van der Waals surface area contributed by atoms with E-state index in [0.29, 0.717) is 16.4 Å². The van der Waals surface area contributed by atoms with E-state index in [-0.39, 0.29) is 0 Å². The van der Waals surface area contributed by atoms with E-state index in [9.17, 15) is 13.2 Å². The fraction of sp³-hybridized carbons (Fsp3) is 0.316. The number of hydrogen-bond donors (Lipinski definition) is 1. The van der Waals surface area contributed by atoms with Crippen molar-refractivity contribution in [3.63, 3.8) is 0 Å². The molecular weight excluding hydrogens is 372 g/mol. The van der Waals surface area contributed by atoms with Crippen molar-refractivity contribution in [1.29, 1.82) is 0 Å². The van der Waals surface area contributed by atoms with Gasteiger partial charge in [-0.1, -0.05) is 29.8 Å². The number of rotatable bonds is 5. The second-order valence-electron chi connectivity index (χ2n) is 6.48. The molecule has 0 aliphatic carbocycles. The van der Waals surface area contributed by atoms with Crippen LogP contribution in [0.25, 0.3) is 0 Å². The molecule has 0 aliphatic rings. The van der Waals surface area contributed by atoms with E-state index < -0.39 is 22.0 Å². The van der Waals surface area contributed by atoms with Gasteiger partial charge in [0, 0.05) is 10.7 Å². The van der Waals surface area contributed by atoms with Gasteiger partial charge in [0.1, 0.15) is 6.04 Å². The van der Waals surface area contributed by atoms with Crippen molar-refractivity contribution in [2.45, 2.75) is 33.7 Å². The van der Waals surface area contributed by atoms with Crippen LogP contribution in [0, 0.1) is 20.8 Å². The highest BCUT2D eigenvalue weighted by molar-refractivity contribution is 7.92. The van der Waals surface area contributed by atoms with Crippen LogP contribution in [0.15, 0.2) is 36.4 Å². The predicted octanol–water partition coefficient (Wildman–Crippen LogP) is 4.06. The van der Waals surface area contributed by atoms with E-state index >= 15 is 0 Å². The average molecular weight is 395 g/mol. The number of anilines is 2. The molecule has 2 aromatic carbocycles. The van der Waals surface area contributed by atoms with Crippen molar-refractivity contribution in [2.75, 3.05) is 15.9 Å². The fourth-order valence-corrected chi connectivity index (χ4v) is 3.98. The standard InChI is InChI=1S/C19H23ClN2O3S/c1-12-6-7-14(3)18(10-12)21-19(23)15(4)22(26(5,24)25)16-9-8-13(2)17(20)11-16/h6-11,15H,1-5H3,(H,21,23). The first-order valence-electron chi connectivity index (χ1n) is 8.14. The lowest BCUT2D eigenvalue weighted by Crippen LogP contribution is -2.45. The molecule has 0 saturated carbocycles. The van der Waals surface area contributed by atoms with Gasteiger partial charge < -0.3 is 5.32 Å². The van der Waals surface area contributed by atoms with Crippen LogP contribution >= 0.6 is 11.6 Å². The number of carbonyl (C=O) groups excluding carboxylic acids is 1. The van der Waals surface area contributed by atoms with Crippen molar-refractivity contribution in [3.8, 4) is 0 Å². The topological polar surface area (TPSA) is 66.5 Å². The second-order valence-corrected chi connectivity index (χ2v) is 8.74. The molecule has 2 aromatic rings. The summed E-state index contributed by atoms with van der Waals surface area (Å²) in [5, 5.41) is 3.26. The maximum absolute atomic E-state index is 12.7. The molecule has 0 bridgehead atoms. The monoisotopic (exact) mass is 394 g/mol. The van der Waals surface area contributed by atoms with E-state index in [2.05, 4.69) is 5.32 Å². The Morgan fingerprint density at radius 2 is 1.69 bits per heavy atom. The Kier molecular flexibility index (Phi) is 5.98. The van der Waals surface area contributed by atoms with Crippen LogP contribution in [0.1, 0.15) is 23.6 Å². The second kappa shape index (κ2) is 7.68. The molecule has 0 aromatic heterocycles. The Labute approximate surface area is 160 Å². The Morgan fingerprint density at radius 3 is 2.27 bits per heavy atom. The number of sulfonamides is 1. The Morgan fingerprint density at radius 1 is 1.08 bits per heavy atom. The summed E-state index contributed by atoms with van der Waals surface area (Å²) >= 11 is 6.14. The first kappa shape index (κ1) is 20.3. The molecule has 7 heteroatoms. The number of aryl methyl sites for hydroxylation is 3. The molecule has 1 N–H and O–H groups in total. The molecule has 1 atom stereocenters. The normalized spacial score (nSPS) is 12.5.